The molecule has 2 aliphatic heterocycles. The van der Waals surface area contributed by atoms with Gasteiger partial charge >= 0.3 is 5.97 Å². The number of likely N-dealkylation sites (N-methyl/N-ethyl adjacent to an activating group) is 1. The van der Waals surface area contributed by atoms with Crippen molar-refractivity contribution in [1.82, 2.24) is 19.9 Å². The van der Waals surface area contributed by atoms with Gasteiger partial charge in [-0.1, -0.05) is 5.16 Å². The first kappa shape index (κ1) is 15.4. The zero-order valence-electron chi connectivity index (χ0n) is 12.9. The van der Waals surface area contributed by atoms with Crippen LogP contribution in [0.15, 0.2) is 4.52 Å². The van der Waals surface area contributed by atoms with E-state index in [0.29, 0.717) is 50.8 Å². The van der Waals surface area contributed by atoms with E-state index in [4.69, 9.17) is 9.26 Å². The Kier molecular flexibility index (Phi) is 4.39. The van der Waals surface area contributed by atoms with E-state index in [9.17, 15) is 9.18 Å². The monoisotopic (exact) mass is 312 g/mol. The average Bonchev–Trinajstić information content (AvgIpc) is 3.13. The van der Waals surface area contributed by atoms with Crippen LogP contribution in [0.25, 0.3) is 0 Å². The van der Waals surface area contributed by atoms with Crippen LogP contribution in [0.4, 0.5) is 4.39 Å². The molecule has 2 aliphatic rings. The number of carbonyl (C=O) groups excluding carboxylic acids is 1. The molecule has 0 N–H and O–H groups in total. The molecule has 0 bridgehead atoms. The van der Waals surface area contributed by atoms with Gasteiger partial charge in [0.1, 0.15) is 12.2 Å². The van der Waals surface area contributed by atoms with Crippen LogP contribution in [0.1, 0.15) is 24.6 Å². The largest absolute Gasteiger partial charge is 0.464 e. The van der Waals surface area contributed by atoms with Gasteiger partial charge in [-0.15, -0.1) is 0 Å². The molecule has 7 nitrogen and oxygen atoms in total. The first-order chi connectivity index (χ1) is 10.5. The van der Waals surface area contributed by atoms with Crippen LogP contribution >= 0.6 is 0 Å². The number of hydrogen-bond acceptors (Lipinski definition) is 7. The van der Waals surface area contributed by atoms with Gasteiger partial charge < -0.3 is 9.26 Å². The highest BCUT2D eigenvalue weighted by Crippen LogP contribution is 2.24. The summed E-state index contributed by atoms with van der Waals surface area (Å²) in [4.78, 5) is 19.8. The molecule has 8 heteroatoms. The number of esters is 1. The molecule has 0 amide bonds. The lowest BCUT2D eigenvalue weighted by atomic mass is 10.1. The average molecular weight is 312 g/mol. The Hall–Kier alpha value is -1.54. The van der Waals surface area contributed by atoms with Crippen molar-refractivity contribution in [2.24, 2.45) is 0 Å². The van der Waals surface area contributed by atoms with Gasteiger partial charge in [0.15, 0.2) is 5.82 Å². The van der Waals surface area contributed by atoms with Gasteiger partial charge in [0.2, 0.25) is 5.89 Å². The van der Waals surface area contributed by atoms with Gasteiger partial charge in [-0.05, 0) is 13.5 Å². The molecular weight excluding hydrogens is 291 g/mol. The number of halogens is 1. The van der Waals surface area contributed by atoms with Crippen molar-refractivity contribution in [3.63, 3.8) is 0 Å². The number of aromatic nitrogens is 2. The number of alkyl halides is 1. The molecule has 3 atom stereocenters. The van der Waals surface area contributed by atoms with Gasteiger partial charge in [0, 0.05) is 32.5 Å². The van der Waals surface area contributed by atoms with E-state index in [0.717, 1.165) is 0 Å². The van der Waals surface area contributed by atoms with E-state index in [2.05, 4.69) is 10.1 Å². The highest BCUT2D eigenvalue weighted by molar-refractivity contribution is 5.77. The Morgan fingerprint density at radius 1 is 1.50 bits per heavy atom. The second kappa shape index (κ2) is 6.29. The normalized spacial score (nSPS) is 29.5. The van der Waals surface area contributed by atoms with E-state index in [-0.39, 0.29) is 18.1 Å². The van der Waals surface area contributed by atoms with Gasteiger partial charge in [-0.25, -0.2) is 4.39 Å². The fourth-order valence-electron chi connectivity index (χ4n) is 3.24. The van der Waals surface area contributed by atoms with E-state index < -0.39 is 6.17 Å². The van der Waals surface area contributed by atoms with Crippen LogP contribution in [0.2, 0.25) is 0 Å². The van der Waals surface area contributed by atoms with E-state index in [1.807, 2.05) is 16.8 Å². The fraction of sp³-hybridized carbons (Fsp3) is 0.786. The first-order valence-corrected chi connectivity index (χ1v) is 7.57. The lowest BCUT2D eigenvalue weighted by Crippen LogP contribution is -2.44. The molecule has 0 aromatic carbocycles. The summed E-state index contributed by atoms with van der Waals surface area (Å²) in [6.45, 7) is 3.65. The summed E-state index contributed by atoms with van der Waals surface area (Å²) in [5.41, 5.74) is 0. The predicted octanol–water partition coefficient (Wildman–Crippen LogP) is 0.538. The standard InChI is InChI=1S/C14H21FN4O3/c1-9-16-13(17-22-9)8-19-6-10(15)5-11(19)7-18(2)12-3-4-21-14(12)20/h10-12H,3-8H2,1-2H3/t10-,11-,12+/m0/s1. The summed E-state index contributed by atoms with van der Waals surface area (Å²) < 4.78 is 23.8. The Labute approximate surface area is 128 Å². The SMILES string of the molecule is Cc1nc(CN2C[C@@H](F)C[C@H]2CN(C)[C@@H]2CCOC2=O)no1. The third kappa shape index (κ3) is 3.27. The predicted molar refractivity (Wildman–Crippen MR) is 74.7 cm³/mol. The maximum atomic E-state index is 13.8. The van der Waals surface area contributed by atoms with Gasteiger partial charge in [-0.3, -0.25) is 14.6 Å². The zero-order valence-corrected chi connectivity index (χ0v) is 12.9. The molecule has 22 heavy (non-hydrogen) atoms. The number of ether oxygens (including phenoxy) is 1. The molecule has 0 spiro atoms. The second-order valence-electron chi connectivity index (χ2n) is 6.06. The van der Waals surface area contributed by atoms with Crippen molar-refractivity contribution in [3.8, 4) is 0 Å². The zero-order chi connectivity index (χ0) is 15.7. The summed E-state index contributed by atoms with van der Waals surface area (Å²) in [5, 5.41) is 3.87. The van der Waals surface area contributed by atoms with Crippen LogP contribution in [0.3, 0.4) is 0 Å². The maximum absolute atomic E-state index is 13.8. The molecule has 0 aliphatic carbocycles. The molecule has 0 radical (unpaired) electrons. The molecule has 2 fully saturated rings. The molecule has 0 unspecified atom stereocenters. The van der Waals surface area contributed by atoms with Crippen LogP contribution in [0.5, 0.6) is 0 Å². The van der Waals surface area contributed by atoms with Crippen LogP contribution < -0.4 is 0 Å². The van der Waals surface area contributed by atoms with E-state index >= 15 is 0 Å². The van der Waals surface area contributed by atoms with Gasteiger partial charge in [-0.2, -0.15) is 4.98 Å². The smallest absolute Gasteiger partial charge is 0.323 e. The van der Waals surface area contributed by atoms with Crippen molar-refractivity contribution in [1.29, 1.82) is 0 Å². The molecule has 122 valence electrons. The minimum Gasteiger partial charge on any atom is -0.464 e. The van der Waals surface area contributed by atoms with Crippen molar-refractivity contribution in [3.05, 3.63) is 11.7 Å². The maximum Gasteiger partial charge on any atom is 0.323 e. The molecular formula is C14H21FN4O3. The van der Waals surface area contributed by atoms with Crippen molar-refractivity contribution >= 4 is 5.97 Å². The number of likely N-dealkylation sites (tertiary alicyclic amines) is 1. The molecule has 3 heterocycles. The fourth-order valence-corrected chi connectivity index (χ4v) is 3.24. The highest BCUT2D eigenvalue weighted by atomic mass is 19.1. The summed E-state index contributed by atoms with van der Waals surface area (Å²) in [6.07, 6.45) is 0.301. The number of hydrogen-bond donors (Lipinski definition) is 0. The molecule has 1 aromatic rings. The van der Waals surface area contributed by atoms with E-state index in [1.54, 1.807) is 6.92 Å². The third-order valence-corrected chi connectivity index (χ3v) is 4.33. The quantitative estimate of drug-likeness (QED) is 0.735. The minimum atomic E-state index is -0.859. The van der Waals surface area contributed by atoms with Gasteiger partial charge in [0.05, 0.1) is 13.2 Å². The summed E-state index contributed by atoms with van der Waals surface area (Å²) in [6, 6.07) is -0.180. The minimum absolute atomic E-state index is 0.0345. The number of aryl methyl sites for hydroxylation is 1. The van der Waals surface area contributed by atoms with E-state index in [1.165, 1.54) is 0 Å². The van der Waals surface area contributed by atoms with Crippen LogP contribution in [-0.2, 0) is 16.1 Å². The Balaban J connectivity index is 1.61. The number of cyclic esters (lactones) is 1. The van der Waals surface area contributed by atoms with Crippen molar-refractivity contribution < 1.29 is 18.4 Å². The number of carbonyl (C=O) groups is 1. The highest BCUT2D eigenvalue weighted by Gasteiger charge is 2.37. The lowest BCUT2D eigenvalue weighted by Gasteiger charge is -2.29. The lowest BCUT2D eigenvalue weighted by molar-refractivity contribution is -0.142. The summed E-state index contributed by atoms with van der Waals surface area (Å²) in [7, 11) is 1.89. The number of nitrogens with zero attached hydrogens (tertiary/aromatic N) is 4. The topological polar surface area (TPSA) is 71.7 Å². The second-order valence-corrected chi connectivity index (χ2v) is 6.06. The Bertz CT molecular complexity index is 538. The first-order valence-electron chi connectivity index (χ1n) is 7.57. The Morgan fingerprint density at radius 2 is 2.32 bits per heavy atom. The van der Waals surface area contributed by atoms with Crippen molar-refractivity contribution in [2.45, 2.75) is 44.6 Å². The van der Waals surface area contributed by atoms with Gasteiger partial charge in [0.25, 0.3) is 0 Å². The molecule has 1 aromatic heterocycles. The molecule has 0 saturated carbocycles. The number of rotatable bonds is 5. The van der Waals surface area contributed by atoms with Crippen molar-refractivity contribution in [2.75, 3.05) is 26.7 Å². The molecule has 2 saturated heterocycles. The third-order valence-electron chi connectivity index (χ3n) is 4.33. The Morgan fingerprint density at radius 3 is 2.95 bits per heavy atom. The molecule has 3 rings (SSSR count). The summed E-state index contributed by atoms with van der Waals surface area (Å²) >= 11 is 0. The summed E-state index contributed by atoms with van der Waals surface area (Å²) in [5.74, 6) is 0.894. The van der Waals surface area contributed by atoms with Crippen LogP contribution in [-0.4, -0.2) is 70.9 Å². The van der Waals surface area contributed by atoms with Crippen LogP contribution in [0, 0.1) is 6.92 Å².